The van der Waals surface area contributed by atoms with E-state index in [-0.39, 0.29) is 22.1 Å². The van der Waals surface area contributed by atoms with Crippen molar-refractivity contribution in [2.75, 3.05) is 12.4 Å². The third-order valence-corrected chi connectivity index (χ3v) is 6.18. The van der Waals surface area contributed by atoms with Crippen LogP contribution in [0.25, 0.3) is 0 Å². The fourth-order valence-electron chi connectivity index (χ4n) is 3.22. The van der Waals surface area contributed by atoms with E-state index in [1.165, 1.54) is 25.3 Å². The number of Topliss-reactive ketones (excluding diaryl/α,β-unsaturated/α-hetero) is 1. The van der Waals surface area contributed by atoms with Crippen LogP contribution >= 0.6 is 0 Å². The van der Waals surface area contributed by atoms with Crippen molar-refractivity contribution in [2.45, 2.75) is 11.8 Å². The zero-order chi connectivity index (χ0) is 22.0. The third kappa shape index (κ3) is 4.27. The second kappa shape index (κ2) is 8.20. The van der Waals surface area contributed by atoms with E-state index < -0.39 is 10.0 Å². The number of carbonyl (C=O) groups excluding carboxylic acids is 1. The Morgan fingerprint density at radius 1 is 0.871 bits per heavy atom. The smallest absolute Gasteiger partial charge is 0.282 e. The number of rotatable bonds is 5. The van der Waals surface area contributed by atoms with Gasteiger partial charge in [0.15, 0.2) is 0 Å². The first-order chi connectivity index (χ1) is 14.9. The predicted octanol–water partition coefficient (Wildman–Crippen LogP) is 4.37. The highest BCUT2D eigenvalue weighted by Crippen LogP contribution is 2.25. The number of hydrogen-bond acceptors (Lipinski definition) is 5. The Kier molecular flexibility index (Phi) is 5.44. The van der Waals surface area contributed by atoms with Crippen LogP contribution in [0, 0.1) is 6.92 Å². The van der Waals surface area contributed by atoms with Crippen LogP contribution in [0.1, 0.15) is 21.5 Å². The van der Waals surface area contributed by atoms with E-state index in [1.807, 2.05) is 31.2 Å². The number of hydrogen-bond donors (Lipinski definition) is 1. The van der Waals surface area contributed by atoms with Crippen LogP contribution in [0.5, 0.6) is 5.75 Å². The number of nitrogens with zero attached hydrogens (tertiary/aromatic N) is 1. The number of carbonyl (C=O) groups is 1. The van der Waals surface area contributed by atoms with Gasteiger partial charge in [0.2, 0.25) is 5.78 Å². The van der Waals surface area contributed by atoms with Gasteiger partial charge in [-0.2, -0.15) is 12.8 Å². The summed E-state index contributed by atoms with van der Waals surface area (Å²) in [6.45, 7) is 1.97. The summed E-state index contributed by atoms with van der Waals surface area (Å²) < 4.78 is 35.0. The number of benzene rings is 3. The molecule has 3 aromatic rings. The average Bonchev–Trinajstić information content (AvgIpc) is 2.78. The number of fused-ring (bicyclic) bond motifs is 1. The zero-order valence-electron chi connectivity index (χ0n) is 17.0. The highest BCUT2D eigenvalue weighted by molar-refractivity contribution is 7.90. The van der Waals surface area contributed by atoms with Crippen LogP contribution in [-0.2, 0) is 10.0 Å². The fourth-order valence-corrected chi connectivity index (χ4v) is 4.22. The molecule has 0 aromatic heterocycles. The van der Waals surface area contributed by atoms with Crippen molar-refractivity contribution < 1.29 is 17.9 Å². The lowest BCUT2D eigenvalue weighted by Gasteiger charge is -2.19. The molecule has 0 spiro atoms. The molecule has 1 aliphatic rings. The maximum atomic E-state index is 13.0. The summed E-state index contributed by atoms with van der Waals surface area (Å²) in [5.41, 5.74) is 3.13. The summed E-state index contributed by atoms with van der Waals surface area (Å²) in [4.78, 5) is 13.0. The first kappa shape index (κ1) is 20.6. The molecule has 0 fully saturated rings. The highest BCUT2D eigenvalue weighted by atomic mass is 32.2. The van der Waals surface area contributed by atoms with Gasteiger partial charge in [-0.15, -0.1) is 0 Å². The average molecular weight is 433 g/mol. The maximum Gasteiger partial charge on any atom is 0.282 e. The summed E-state index contributed by atoms with van der Waals surface area (Å²) in [5, 5.41) is 3.09. The van der Waals surface area contributed by atoms with Gasteiger partial charge in [-0.25, -0.2) is 0 Å². The Morgan fingerprint density at radius 3 is 2.16 bits per heavy atom. The number of anilines is 1. The van der Waals surface area contributed by atoms with Gasteiger partial charge in [-0.1, -0.05) is 42.0 Å². The van der Waals surface area contributed by atoms with Crippen molar-refractivity contribution in [1.82, 2.24) is 0 Å². The molecule has 7 heteroatoms. The zero-order valence-corrected chi connectivity index (χ0v) is 17.8. The SMILES string of the molecule is COc1ccc(S(=O)(=O)N=C2C=C(Nc3ccc(C)cc3)C(=O)c3ccccc32)cc1. The van der Waals surface area contributed by atoms with E-state index in [0.717, 1.165) is 11.3 Å². The molecule has 1 N–H and O–H groups in total. The maximum absolute atomic E-state index is 13.0. The number of aryl methyl sites for hydroxylation is 1. The van der Waals surface area contributed by atoms with Gasteiger partial charge in [0, 0.05) is 16.8 Å². The van der Waals surface area contributed by atoms with Crippen LogP contribution in [0.15, 0.2) is 93.9 Å². The van der Waals surface area contributed by atoms with E-state index in [4.69, 9.17) is 4.74 Å². The Morgan fingerprint density at radius 2 is 1.52 bits per heavy atom. The molecule has 0 saturated heterocycles. The largest absolute Gasteiger partial charge is 0.497 e. The predicted molar refractivity (Wildman–Crippen MR) is 120 cm³/mol. The summed E-state index contributed by atoms with van der Waals surface area (Å²) in [6.07, 6.45) is 1.48. The lowest BCUT2D eigenvalue weighted by molar-refractivity contribution is 0.103. The van der Waals surface area contributed by atoms with Crippen molar-refractivity contribution in [1.29, 1.82) is 0 Å². The number of ether oxygens (including phenoxy) is 1. The van der Waals surface area contributed by atoms with E-state index in [2.05, 4.69) is 9.71 Å². The molecule has 3 aromatic carbocycles. The van der Waals surface area contributed by atoms with Crippen LogP contribution in [0.3, 0.4) is 0 Å². The fraction of sp³-hybridized carbons (Fsp3) is 0.0833. The molecule has 0 heterocycles. The van der Waals surface area contributed by atoms with Crippen LogP contribution < -0.4 is 10.1 Å². The molecule has 31 heavy (non-hydrogen) atoms. The number of ketones is 1. The minimum atomic E-state index is -4.00. The van der Waals surface area contributed by atoms with Gasteiger partial charge in [0.05, 0.1) is 23.4 Å². The second-order valence-electron chi connectivity index (χ2n) is 7.05. The number of allylic oxidation sites excluding steroid dienone is 2. The van der Waals surface area contributed by atoms with Gasteiger partial charge in [0.1, 0.15) is 5.75 Å². The van der Waals surface area contributed by atoms with Gasteiger partial charge in [0.25, 0.3) is 10.0 Å². The molecule has 0 bridgehead atoms. The molecule has 0 atom stereocenters. The van der Waals surface area contributed by atoms with E-state index in [9.17, 15) is 13.2 Å². The van der Waals surface area contributed by atoms with Crippen LogP contribution in [0.4, 0.5) is 5.69 Å². The molecule has 6 nitrogen and oxygen atoms in total. The first-order valence-corrected chi connectivity index (χ1v) is 11.0. The summed E-state index contributed by atoms with van der Waals surface area (Å²) >= 11 is 0. The summed E-state index contributed by atoms with van der Waals surface area (Å²) in [7, 11) is -2.49. The standard InChI is InChI=1S/C24H20N2O4S/c1-16-7-9-17(10-8-16)25-23-15-22(20-5-3-4-6-21(20)24(23)27)26-31(28,29)19-13-11-18(30-2)12-14-19/h3-15,25H,1-2H3. The molecule has 1 aliphatic carbocycles. The Balaban J connectivity index is 1.78. The molecule has 0 unspecified atom stereocenters. The Hall–Kier alpha value is -3.71. The molecular weight excluding hydrogens is 412 g/mol. The summed E-state index contributed by atoms with van der Waals surface area (Å²) in [5.74, 6) is 0.321. The van der Waals surface area contributed by atoms with Gasteiger partial charge < -0.3 is 10.1 Å². The van der Waals surface area contributed by atoms with E-state index in [0.29, 0.717) is 16.9 Å². The quantitative estimate of drug-likeness (QED) is 0.647. The Bertz CT molecular complexity index is 1310. The normalized spacial score (nSPS) is 14.7. The second-order valence-corrected chi connectivity index (χ2v) is 8.65. The van der Waals surface area contributed by atoms with Crippen LogP contribution in [-0.4, -0.2) is 27.0 Å². The highest BCUT2D eigenvalue weighted by Gasteiger charge is 2.26. The monoisotopic (exact) mass is 432 g/mol. The van der Waals surface area contributed by atoms with Gasteiger partial charge in [-0.3, -0.25) is 4.79 Å². The first-order valence-electron chi connectivity index (χ1n) is 9.56. The van der Waals surface area contributed by atoms with Crippen LogP contribution in [0.2, 0.25) is 0 Å². The van der Waals surface area contributed by atoms with Gasteiger partial charge in [-0.05, 0) is 49.4 Å². The lowest BCUT2D eigenvalue weighted by Crippen LogP contribution is -2.22. The van der Waals surface area contributed by atoms with Crippen molar-refractivity contribution in [2.24, 2.45) is 4.40 Å². The van der Waals surface area contributed by atoms with Gasteiger partial charge >= 0.3 is 0 Å². The third-order valence-electron chi connectivity index (χ3n) is 4.88. The summed E-state index contributed by atoms with van der Waals surface area (Å²) in [6, 6.07) is 20.4. The van der Waals surface area contributed by atoms with Crippen molar-refractivity contribution in [3.8, 4) is 5.75 Å². The molecule has 0 saturated carbocycles. The molecule has 156 valence electrons. The van der Waals surface area contributed by atoms with E-state index in [1.54, 1.807) is 36.4 Å². The van der Waals surface area contributed by atoms with Crippen molar-refractivity contribution >= 4 is 27.2 Å². The van der Waals surface area contributed by atoms with E-state index >= 15 is 0 Å². The number of sulfonamides is 1. The minimum Gasteiger partial charge on any atom is -0.497 e. The number of methoxy groups -OCH3 is 1. The molecule has 0 aliphatic heterocycles. The minimum absolute atomic E-state index is 0.0385. The Labute approximate surface area is 181 Å². The topological polar surface area (TPSA) is 84.8 Å². The molecule has 0 radical (unpaired) electrons. The van der Waals surface area contributed by atoms with Crippen molar-refractivity contribution in [3.63, 3.8) is 0 Å². The van der Waals surface area contributed by atoms with Crippen molar-refractivity contribution in [3.05, 3.63) is 101 Å². The molecular formula is C24H20N2O4S. The molecule has 0 amide bonds. The molecule has 4 rings (SSSR count). The number of nitrogens with one attached hydrogen (secondary N) is 1. The lowest BCUT2D eigenvalue weighted by atomic mass is 9.92.